The van der Waals surface area contributed by atoms with Crippen molar-refractivity contribution >= 4 is 5.91 Å². The number of amides is 1. The highest BCUT2D eigenvalue weighted by Crippen LogP contribution is 2.37. The van der Waals surface area contributed by atoms with Gasteiger partial charge in [0, 0.05) is 37.5 Å². The minimum Gasteiger partial charge on any atom is -0.346 e. The number of piperidine rings is 1. The Bertz CT molecular complexity index is 325. The van der Waals surface area contributed by atoms with E-state index in [4.69, 9.17) is 4.74 Å². The summed E-state index contributed by atoms with van der Waals surface area (Å²) in [6.07, 6.45) is 1.85. The minimum absolute atomic E-state index is 0.147. The van der Waals surface area contributed by atoms with Crippen LogP contribution in [-0.4, -0.2) is 52.7 Å². The Hall–Kier alpha value is -0.610. The molecule has 2 aliphatic heterocycles. The van der Waals surface area contributed by atoms with Gasteiger partial charge in [0.2, 0.25) is 0 Å². The molecule has 1 spiro atoms. The number of hydrogen-bond donors (Lipinski definition) is 0. The van der Waals surface area contributed by atoms with E-state index in [9.17, 15) is 4.79 Å². The summed E-state index contributed by atoms with van der Waals surface area (Å²) in [5.41, 5.74) is -0.125. The maximum absolute atomic E-state index is 12.0. The third kappa shape index (κ3) is 2.28. The standard InChI is InChI=1S/C14H26N2O2/c1-11(2)16-12(17)10-18-14(16)6-8-15(9-7-14)13(3,4)5/h11H,6-10H2,1-5H3. The van der Waals surface area contributed by atoms with Gasteiger partial charge in [0.15, 0.2) is 0 Å². The normalized spacial score (nSPS) is 25.4. The monoisotopic (exact) mass is 254 g/mol. The first-order chi connectivity index (χ1) is 8.26. The lowest BCUT2D eigenvalue weighted by Gasteiger charge is -2.48. The van der Waals surface area contributed by atoms with Crippen LogP contribution in [0.15, 0.2) is 0 Å². The molecule has 0 N–H and O–H groups in total. The Balaban J connectivity index is 2.10. The van der Waals surface area contributed by atoms with E-state index in [2.05, 4.69) is 39.5 Å². The molecule has 0 radical (unpaired) electrons. The van der Waals surface area contributed by atoms with Gasteiger partial charge in [-0.15, -0.1) is 0 Å². The zero-order valence-electron chi connectivity index (χ0n) is 12.3. The van der Waals surface area contributed by atoms with E-state index in [1.165, 1.54) is 0 Å². The van der Waals surface area contributed by atoms with Gasteiger partial charge < -0.3 is 9.64 Å². The number of carbonyl (C=O) groups excluding carboxylic acids is 1. The van der Waals surface area contributed by atoms with Gasteiger partial charge in [-0.05, 0) is 34.6 Å². The van der Waals surface area contributed by atoms with E-state index in [-0.39, 0.29) is 29.8 Å². The molecular weight excluding hydrogens is 228 g/mol. The van der Waals surface area contributed by atoms with E-state index in [1.807, 2.05) is 4.90 Å². The van der Waals surface area contributed by atoms with Crippen molar-refractivity contribution in [2.24, 2.45) is 0 Å². The van der Waals surface area contributed by atoms with Gasteiger partial charge in [-0.25, -0.2) is 0 Å². The number of rotatable bonds is 1. The molecule has 0 aromatic carbocycles. The lowest BCUT2D eigenvalue weighted by atomic mass is 9.93. The number of likely N-dealkylation sites (tertiary alicyclic amines) is 1. The zero-order chi connectivity index (χ0) is 13.6. The molecule has 0 aliphatic carbocycles. The third-order valence-corrected chi connectivity index (χ3v) is 4.18. The third-order valence-electron chi connectivity index (χ3n) is 4.18. The predicted octanol–water partition coefficient (Wildman–Crippen LogP) is 1.84. The van der Waals surface area contributed by atoms with Crippen molar-refractivity contribution in [1.82, 2.24) is 9.80 Å². The van der Waals surface area contributed by atoms with Gasteiger partial charge >= 0.3 is 0 Å². The summed E-state index contributed by atoms with van der Waals surface area (Å²) in [4.78, 5) is 16.4. The van der Waals surface area contributed by atoms with Crippen LogP contribution < -0.4 is 0 Å². The first-order valence-electron chi connectivity index (χ1n) is 6.97. The predicted molar refractivity (Wildman–Crippen MR) is 71.2 cm³/mol. The SMILES string of the molecule is CC(C)N1C(=O)COC12CCN(C(C)(C)C)CC2. The summed E-state index contributed by atoms with van der Waals surface area (Å²) in [5, 5.41) is 0. The highest BCUT2D eigenvalue weighted by molar-refractivity contribution is 5.80. The second-order valence-electron chi connectivity index (χ2n) is 6.75. The fraction of sp³-hybridized carbons (Fsp3) is 0.929. The smallest absolute Gasteiger partial charge is 0.251 e. The van der Waals surface area contributed by atoms with Crippen LogP contribution in [-0.2, 0) is 9.53 Å². The quantitative estimate of drug-likeness (QED) is 0.716. The molecule has 2 fully saturated rings. The number of hydrogen-bond acceptors (Lipinski definition) is 3. The van der Waals surface area contributed by atoms with Crippen LogP contribution in [0, 0.1) is 0 Å². The van der Waals surface area contributed by atoms with E-state index < -0.39 is 0 Å². The van der Waals surface area contributed by atoms with E-state index in [0.717, 1.165) is 25.9 Å². The Labute approximate surface area is 110 Å². The van der Waals surface area contributed by atoms with E-state index in [0.29, 0.717) is 0 Å². The molecule has 2 rings (SSSR count). The summed E-state index contributed by atoms with van der Waals surface area (Å²) in [6.45, 7) is 13.1. The minimum atomic E-state index is -0.326. The van der Waals surface area contributed by atoms with E-state index in [1.54, 1.807) is 0 Å². The first-order valence-corrected chi connectivity index (χ1v) is 6.97. The van der Waals surface area contributed by atoms with Gasteiger partial charge in [0.1, 0.15) is 12.3 Å². The van der Waals surface area contributed by atoms with Crippen LogP contribution in [0.5, 0.6) is 0 Å². The molecule has 104 valence electrons. The molecule has 2 aliphatic rings. The Morgan fingerprint density at radius 1 is 1.22 bits per heavy atom. The summed E-state index contributed by atoms with van der Waals surface area (Å²) in [7, 11) is 0. The first kappa shape index (κ1) is 13.8. The average molecular weight is 254 g/mol. The maximum atomic E-state index is 12.0. The van der Waals surface area contributed by atoms with Crippen molar-refractivity contribution in [3.8, 4) is 0 Å². The molecule has 0 saturated carbocycles. The molecule has 0 unspecified atom stereocenters. The average Bonchev–Trinajstić information content (AvgIpc) is 2.55. The molecule has 2 heterocycles. The van der Waals surface area contributed by atoms with Crippen LogP contribution in [0.4, 0.5) is 0 Å². The largest absolute Gasteiger partial charge is 0.346 e. The van der Waals surface area contributed by atoms with Gasteiger partial charge in [-0.2, -0.15) is 0 Å². The van der Waals surface area contributed by atoms with Crippen LogP contribution in [0.25, 0.3) is 0 Å². The van der Waals surface area contributed by atoms with Crippen molar-refractivity contribution in [3.05, 3.63) is 0 Å². The second kappa shape index (κ2) is 4.49. The number of nitrogens with zero attached hydrogens (tertiary/aromatic N) is 2. The van der Waals surface area contributed by atoms with Crippen molar-refractivity contribution in [1.29, 1.82) is 0 Å². The summed E-state index contributed by atoms with van der Waals surface area (Å²) < 4.78 is 5.88. The highest BCUT2D eigenvalue weighted by Gasteiger charge is 2.50. The molecule has 0 atom stereocenters. The van der Waals surface area contributed by atoms with Crippen molar-refractivity contribution in [3.63, 3.8) is 0 Å². The van der Waals surface area contributed by atoms with Gasteiger partial charge in [-0.3, -0.25) is 9.69 Å². The fourth-order valence-electron chi connectivity index (χ4n) is 3.23. The molecular formula is C14H26N2O2. The van der Waals surface area contributed by atoms with Crippen molar-refractivity contribution < 1.29 is 9.53 Å². The topological polar surface area (TPSA) is 32.8 Å². The molecule has 2 saturated heterocycles. The molecule has 18 heavy (non-hydrogen) atoms. The Morgan fingerprint density at radius 2 is 1.78 bits per heavy atom. The van der Waals surface area contributed by atoms with Crippen LogP contribution in [0.1, 0.15) is 47.5 Å². The molecule has 0 aromatic rings. The Morgan fingerprint density at radius 3 is 2.22 bits per heavy atom. The number of ether oxygens (including phenoxy) is 1. The van der Waals surface area contributed by atoms with Crippen molar-refractivity contribution in [2.75, 3.05) is 19.7 Å². The molecule has 1 amide bonds. The molecule has 0 bridgehead atoms. The fourth-order valence-corrected chi connectivity index (χ4v) is 3.23. The molecule has 4 heteroatoms. The zero-order valence-corrected chi connectivity index (χ0v) is 12.3. The van der Waals surface area contributed by atoms with Gasteiger partial charge in [0.05, 0.1) is 0 Å². The van der Waals surface area contributed by atoms with Crippen LogP contribution in [0.2, 0.25) is 0 Å². The summed E-state index contributed by atoms with van der Waals surface area (Å²) >= 11 is 0. The lowest BCUT2D eigenvalue weighted by molar-refractivity contribution is -0.151. The number of carbonyl (C=O) groups is 1. The summed E-state index contributed by atoms with van der Waals surface area (Å²) in [6, 6.07) is 0.223. The molecule has 0 aromatic heterocycles. The van der Waals surface area contributed by atoms with Crippen LogP contribution >= 0.6 is 0 Å². The van der Waals surface area contributed by atoms with E-state index >= 15 is 0 Å². The Kier molecular flexibility index (Phi) is 3.45. The lowest BCUT2D eigenvalue weighted by Crippen LogP contribution is -2.58. The molecule has 4 nitrogen and oxygen atoms in total. The van der Waals surface area contributed by atoms with Crippen LogP contribution in [0.3, 0.4) is 0 Å². The second-order valence-corrected chi connectivity index (χ2v) is 6.75. The summed E-state index contributed by atoms with van der Waals surface area (Å²) in [5.74, 6) is 0.147. The maximum Gasteiger partial charge on any atom is 0.251 e. The van der Waals surface area contributed by atoms with Gasteiger partial charge in [0.25, 0.3) is 5.91 Å². The highest BCUT2D eigenvalue weighted by atomic mass is 16.5. The van der Waals surface area contributed by atoms with Crippen molar-refractivity contribution in [2.45, 2.75) is 64.8 Å². The van der Waals surface area contributed by atoms with Gasteiger partial charge in [-0.1, -0.05) is 0 Å².